The van der Waals surface area contributed by atoms with Crippen LogP contribution in [0.5, 0.6) is 0 Å². The first-order valence-corrected chi connectivity index (χ1v) is 15.9. The van der Waals surface area contributed by atoms with Crippen LogP contribution in [0.3, 0.4) is 0 Å². The minimum atomic E-state index is 1.08. The standard InChI is InChI=1S/C33H48N2S/c1-3-5-7-9-11-13-15-17-23-28-29(24-18-16-14-12-10-8-6-4-2)32-33(35-36-34-32)31-27-22-20-19-21-26(27)25-30(28)31/h19-22H,3-18,23-25H2,1-2H3. The summed E-state index contributed by atoms with van der Waals surface area (Å²) in [6.07, 6.45) is 25.5. The lowest BCUT2D eigenvalue weighted by atomic mass is 9.88. The SMILES string of the molecule is CCCCCCCCCCc1c2c(c3nsnc3c1CCCCCCCCCC)-c1ccccc1C2. The second kappa shape index (κ2) is 14.9. The van der Waals surface area contributed by atoms with Crippen molar-refractivity contribution in [3.8, 4) is 11.1 Å². The Balaban J connectivity index is 1.46. The first-order valence-electron chi connectivity index (χ1n) is 15.2. The number of aromatic nitrogens is 2. The molecule has 36 heavy (non-hydrogen) atoms. The number of unbranched alkanes of at least 4 members (excludes halogenated alkanes) is 14. The third kappa shape index (κ3) is 6.97. The van der Waals surface area contributed by atoms with Crippen molar-refractivity contribution < 1.29 is 0 Å². The molecule has 0 fully saturated rings. The lowest BCUT2D eigenvalue weighted by Crippen LogP contribution is -2.03. The largest absolute Gasteiger partial charge is 0.173 e. The molecule has 1 aliphatic rings. The monoisotopic (exact) mass is 504 g/mol. The van der Waals surface area contributed by atoms with Gasteiger partial charge >= 0.3 is 0 Å². The lowest BCUT2D eigenvalue weighted by Gasteiger charge is -2.16. The van der Waals surface area contributed by atoms with Crippen molar-refractivity contribution in [3.05, 3.63) is 46.5 Å². The quantitative estimate of drug-likeness (QED) is 0.126. The average Bonchev–Trinajstić information content (AvgIpc) is 3.53. The van der Waals surface area contributed by atoms with Crippen LogP contribution in [0.15, 0.2) is 24.3 Å². The number of nitrogens with zero attached hydrogens (tertiary/aromatic N) is 2. The van der Waals surface area contributed by atoms with Crippen molar-refractivity contribution in [3.63, 3.8) is 0 Å². The highest BCUT2D eigenvalue weighted by Crippen LogP contribution is 2.45. The number of rotatable bonds is 18. The van der Waals surface area contributed by atoms with E-state index < -0.39 is 0 Å². The average molecular weight is 505 g/mol. The molecule has 1 aromatic heterocycles. The maximum absolute atomic E-state index is 4.90. The minimum absolute atomic E-state index is 1.08. The molecule has 0 radical (unpaired) electrons. The molecule has 2 aromatic carbocycles. The molecule has 0 saturated heterocycles. The zero-order chi connectivity index (χ0) is 25.0. The maximum Gasteiger partial charge on any atom is 0.113 e. The summed E-state index contributed by atoms with van der Waals surface area (Å²) in [5, 5.41) is 0. The van der Waals surface area contributed by atoms with Gasteiger partial charge in [-0.25, -0.2) is 0 Å². The summed E-state index contributed by atoms with van der Waals surface area (Å²) >= 11 is 1.41. The van der Waals surface area contributed by atoms with Crippen molar-refractivity contribution in [2.75, 3.05) is 0 Å². The Hall–Kier alpha value is -1.74. The summed E-state index contributed by atoms with van der Waals surface area (Å²) in [4.78, 5) is 0. The van der Waals surface area contributed by atoms with Crippen molar-refractivity contribution in [1.29, 1.82) is 0 Å². The van der Waals surface area contributed by atoms with Gasteiger partial charge in [0.15, 0.2) is 0 Å². The third-order valence-electron chi connectivity index (χ3n) is 8.26. The van der Waals surface area contributed by atoms with Crippen LogP contribution in [0.2, 0.25) is 0 Å². The van der Waals surface area contributed by atoms with E-state index in [9.17, 15) is 0 Å². The Labute approximate surface area is 224 Å². The molecule has 0 atom stereocenters. The van der Waals surface area contributed by atoms with Crippen LogP contribution < -0.4 is 0 Å². The Kier molecular flexibility index (Phi) is 11.3. The van der Waals surface area contributed by atoms with Crippen LogP contribution in [-0.2, 0) is 19.3 Å². The number of fused-ring (bicyclic) bond motifs is 5. The van der Waals surface area contributed by atoms with Crippen LogP contribution in [0.25, 0.3) is 22.2 Å². The van der Waals surface area contributed by atoms with Gasteiger partial charge in [-0.05, 0) is 59.9 Å². The molecule has 0 N–H and O–H groups in total. The molecular weight excluding hydrogens is 456 g/mol. The molecule has 1 heterocycles. The number of hydrogen-bond acceptors (Lipinski definition) is 3. The highest BCUT2D eigenvalue weighted by atomic mass is 32.1. The van der Waals surface area contributed by atoms with Crippen LogP contribution in [0.4, 0.5) is 0 Å². The number of benzene rings is 2. The Morgan fingerprint density at radius 2 is 1.14 bits per heavy atom. The van der Waals surface area contributed by atoms with E-state index in [1.165, 1.54) is 155 Å². The van der Waals surface area contributed by atoms with Gasteiger partial charge in [-0.2, -0.15) is 8.75 Å². The summed E-state index contributed by atoms with van der Waals surface area (Å²) in [5.41, 5.74) is 11.4. The molecule has 1 aliphatic carbocycles. The molecule has 0 amide bonds. The van der Waals surface area contributed by atoms with E-state index in [-0.39, 0.29) is 0 Å². The predicted molar refractivity (Wildman–Crippen MR) is 158 cm³/mol. The normalized spacial score (nSPS) is 12.4. The fourth-order valence-electron chi connectivity index (χ4n) is 6.21. The van der Waals surface area contributed by atoms with Gasteiger partial charge in [-0.3, -0.25) is 0 Å². The van der Waals surface area contributed by atoms with E-state index in [0.717, 1.165) is 6.42 Å². The van der Waals surface area contributed by atoms with Crippen LogP contribution in [0, 0.1) is 0 Å². The molecule has 0 spiro atoms. The molecule has 3 heteroatoms. The maximum atomic E-state index is 4.90. The Morgan fingerprint density at radius 3 is 1.78 bits per heavy atom. The van der Waals surface area contributed by atoms with E-state index in [0.29, 0.717) is 0 Å². The fraction of sp³-hybridized carbons (Fsp3) is 0.636. The Bertz CT molecular complexity index is 1070. The Morgan fingerprint density at radius 1 is 0.611 bits per heavy atom. The smallest absolute Gasteiger partial charge is 0.113 e. The molecule has 0 bridgehead atoms. The van der Waals surface area contributed by atoms with E-state index >= 15 is 0 Å². The summed E-state index contributed by atoms with van der Waals surface area (Å²) in [5.74, 6) is 0. The summed E-state index contributed by atoms with van der Waals surface area (Å²) in [6.45, 7) is 4.60. The lowest BCUT2D eigenvalue weighted by molar-refractivity contribution is 0.570. The van der Waals surface area contributed by atoms with Crippen molar-refractivity contribution in [1.82, 2.24) is 8.75 Å². The summed E-state index contributed by atoms with van der Waals surface area (Å²) in [7, 11) is 0. The number of aryl methyl sites for hydroxylation is 1. The van der Waals surface area contributed by atoms with E-state index in [1.807, 2.05) is 0 Å². The molecular formula is C33H48N2S. The molecule has 196 valence electrons. The van der Waals surface area contributed by atoms with Gasteiger partial charge in [-0.15, -0.1) is 0 Å². The van der Waals surface area contributed by atoms with E-state index in [1.54, 1.807) is 16.7 Å². The van der Waals surface area contributed by atoms with Crippen LogP contribution in [-0.4, -0.2) is 8.75 Å². The van der Waals surface area contributed by atoms with Crippen LogP contribution in [0.1, 0.15) is 139 Å². The van der Waals surface area contributed by atoms with Gasteiger partial charge in [0.2, 0.25) is 0 Å². The second-order valence-corrected chi connectivity index (χ2v) is 11.6. The van der Waals surface area contributed by atoms with E-state index in [2.05, 4.69) is 38.1 Å². The summed E-state index contributed by atoms with van der Waals surface area (Å²) < 4.78 is 9.75. The highest BCUT2D eigenvalue weighted by molar-refractivity contribution is 7.00. The van der Waals surface area contributed by atoms with Gasteiger partial charge in [0.25, 0.3) is 0 Å². The van der Waals surface area contributed by atoms with Gasteiger partial charge in [0, 0.05) is 5.56 Å². The van der Waals surface area contributed by atoms with Crippen LogP contribution >= 0.6 is 11.7 Å². The van der Waals surface area contributed by atoms with Gasteiger partial charge in [0.05, 0.1) is 11.7 Å². The second-order valence-electron chi connectivity index (χ2n) is 11.1. The number of hydrogen-bond donors (Lipinski definition) is 0. The molecule has 0 saturated carbocycles. The molecule has 0 aliphatic heterocycles. The van der Waals surface area contributed by atoms with Crippen molar-refractivity contribution >= 4 is 22.8 Å². The van der Waals surface area contributed by atoms with E-state index in [4.69, 9.17) is 8.75 Å². The van der Waals surface area contributed by atoms with Crippen molar-refractivity contribution in [2.45, 2.75) is 136 Å². The van der Waals surface area contributed by atoms with Gasteiger partial charge < -0.3 is 0 Å². The zero-order valence-electron chi connectivity index (χ0n) is 23.0. The third-order valence-corrected chi connectivity index (χ3v) is 8.78. The first-order chi connectivity index (χ1) is 17.8. The molecule has 4 rings (SSSR count). The first kappa shape index (κ1) is 27.3. The molecule has 3 aromatic rings. The zero-order valence-corrected chi connectivity index (χ0v) is 23.9. The highest BCUT2D eigenvalue weighted by Gasteiger charge is 2.28. The predicted octanol–water partition coefficient (Wildman–Crippen LogP) is 10.6. The molecule has 2 nitrogen and oxygen atoms in total. The van der Waals surface area contributed by atoms with Gasteiger partial charge in [-0.1, -0.05) is 128 Å². The fourth-order valence-corrected chi connectivity index (χ4v) is 6.78. The minimum Gasteiger partial charge on any atom is -0.173 e. The van der Waals surface area contributed by atoms with Crippen molar-refractivity contribution in [2.24, 2.45) is 0 Å². The molecule has 0 unspecified atom stereocenters. The van der Waals surface area contributed by atoms with Gasteiger partial charge in [0.1, 0.15) is 11.0 Å². The summed E-state index contributed by atoms with van der Waals surface area (Å²) in [6, 6.07) is 9.00. The topological polar surface area (TPSA) is 25.8 Å².